The molecule has 2 aromatic rings. The van der Waals surface area contributed by atoms with Gasteiger partial charge in [-0.15, -0.1) is 0 Å². The summed E-state index contributed by atoms with van der Waals surface area (Å²) in [7, 11) is 0. The Bertz CT molecular complexity index is 701. The Morgan fingerprint density at radius 3 is 3.00 bits per heavy atom. The number of hydrogen-bond acceptors (Lipinski definition) is 3. The SMILES string of the molecule is N#Cc1cn(C2CCCOC2)nc1-c1ccc(Br)cc1F. The van der Waals surface area contributed by atoms with Crippen LogP contribution in [0.5, 0.6) is 0 Å². The van der Waals surface area contributed by atoms with Gasteiger partial charge in [0.15, 0.2) is 0 Å². The summed E-state index contributed by atoms with van der Waals surface area (Å²) < 4.78 is 21.9. The Hall–Kier alpha value is -1.71. The molecule has 0 radical (unpaired) electrons. The molecule has 1 saturated heterocycles. The highest BCUT2D eigenvalue weighted by Crippen LogP contribution is 2.29. The molecule has 4 nitrogen and oxygen atoms in total. The lowest BCUT2D eigenvalue weighted by molar-refractivity contribution is 0.0550. The normalized spacial score (nSPS) is 18.4. The van der Waals surface area contributed by atoms with Crippen molar-refractivity contribution in [1.29, 1.82) is 5.26 Å². The molecule has 1 aromatic carbocycles. The lowest BCUT2D eigenvalue weighted by Crippen LogP contribution is -2.21. The van der Waals surface area contributed by atoms with Gasteiger partial charge in [-0.2, -0.15) is 10.4 Å². The molecular formula is C15H13BrFN3O. The van der Waals surface area contributed by atoms with Crippen LogP contribution in [0.3, 0.4) is 0 Å². The number of halogens is 2. The molecular weight excluding hydrogens is 337 g/mol. The van der Waals surface area contributed by atoms with E-state index in [9.17, 15) is 9.65 Å². The molecule has 1 fully saturated rings. The molecule has 0 amide bonds. The van der Waals surface area contributed by atoms with E-state index < -0.39 is 5.82 Å². The summed E-state index contributed by atoms with van der Waals surface area (Å²) in [5.74, 6) is -0.397. The predicted molar refractivity (Wildman–Crippen MR) is 79.1 cm³/mol. The number of rotatable bonds is 2. The fraction of sp³-hybridized carbons (Fsp3) is 0.333. The fourth-order valence-electron chi connectivity index (χ4n) is 2.47. The minimum Gasteiger partial charge on any atom is -0.379 e. The van der Waals surface area contributed by atoms with Gasteiger partial charge in [0, 0.05) is 22.8 Å². The Morgan fingerprint density at radius 2 is 2.33 bits per heavy atom. The van der Waals surface area contributed by atoms with Gasteiger partial charge in [-0.05, 0) is 31.0 Å². The molecule has 3 rings (SSSR count). The van der Waals surface area contributed by atoms with E-state index in [2.05, 4.69) is 27.1 Å². The van der Waals surface area contributed by atoms with Crippen LogP contribution in [0.25, 0.3) is 11.3 Å². The highest BCUT2D eigenvalue weighted by Gasteiger charge is 2.21. The van der Waals surface area contributed by atoms with Crippen LogP contribution < -0.4 is 0 Å². The second-order valence-corrected chi connectivity index (χ2v) is 5.89. The summed E-state index contributed by atoms with van der Waals surface area (Å²) in [5, 5.41) is 13.7. The number of ether oxygens (including phenoxy) is 1. The third kappa shape index (κ3) is 2.85. The topological polar surface area (TPSA) is 50.8 Å². The predicted octanol–water partition coefficient (Wildman–Crippen LogP) is 3.67. The number of benzene rings is 1. The first-order valence-electron chi connectivity index (χ1n) is 6.71. The molecule has 108 valence electrons. The van der Waals surface area contributed by atoms with Crippen molar-refractivity contribution in [3.8, 4) is 17.3 Å². The monoisotopic (exact) mass is 349 g/mol. The summed E-state index contributed by atoms with van der Waals surface area (Å²) in [6.45, 7) is 1.34. The molecule has 1 unspecified atom stereocenters. The summed E-state index contributed by atoms with van der Waals surface area (Å²) in [6.07, 6.45) is 3.60. The lowest BCUT2D eigenvalue weighted by atomic mass is 10.1. The van der Waals surface area contributed by atoms with E-state index >= 15 is 0 Å². The molecule has 6 heteroatoms. The molecule has 0 saturated carbocycles. The molecule has 21 heavy (non-hydrogen) atoms. The maximum Gasteiger partial charge on any atom is 0.133 e. The highest BCUT2D eigenvalue weighted by molar-refractivity contribution is 9.10. The van der Waals surface area contributed by atoms with Crippen molar-refractivity contribution in [3.05, 3.63) is 40.2 Å². The molecule has 0 spiro atoms. The van der Waals surface area contributed by atoms with Gasteiger partial charge in [-0.25, -0.2) is 4.39 Å². The van der Waals surface area contributed by atoms with E-state index in [4.69, 9.17) is 4.74 Å². The largest absolute Gasteiger partial charge is 0.379 e. The summed E-state index contributed by atoms with van der Waals surface area (Å²) in [6, 6.07) is 6.94. The first kappa shape index (κ1) is 14.2. The summed E-state index contributed by atoms with van der Waals surface area (Å²) in [4.78, 5) is 0. The Balaban J connectivity index is 2.02. The van der Waals surface area contributed by atoms with Gasteiger partial charge >= 0.3 is 0 Å². The molecule has 0 bridgehead atoms. The van der Waals surface area contributed by atoms with Crippen LogP contribution in [0.4, 0.5) is 4.39 Å². The zero-order chi connectivity index (χ0) is 14.8. The molecule has 1 aliphatic heterocycles. The molecule has 0 N–H and O–H groups in total. The maximum absolute atomic E-state index is 14.1. The van der Waals surface area contributed by atoms with E-state index in [1.807, 2.05) is 0 Å². The molecule has 1 atom stereocenters. The van der Waals surface area contributed by atoms with Gasteiger partial charge in [0.25, 0.3) is 0 Å². The third-order valence-electron chi connectivity index (χ3n) is 3.55. The molecule has 2 heterocycles. The molecule has 0 aliphatic carbocycles. The van der Waals surface area contributed by atoms with Gasteiger partial charge < -0.3 is 4.74 Å². The van der Waals surface area contributed by atoms with E-state index in [0.29, 0.717) is 27.9 Å². The van der Waals surface area contributed by atoms with Crippen molar-refractivity contribution in [2.75, 3.05) is 13.2 Å². The van der Waals surface area contributed by atoms with E-state index in [-0.39, 0.29) is 6.04 Å². The first-order valence-corrected chi connectivity index (χ1v) is 7.51. The highest BCUT2D eigenvalue weighted by atomic mass is 79.9. The van der Waals surface area contributed by atoms with Crippen molar-refractivity contribution in [2.45, 2.75) is 18.9 Å². The van der Waals surface area contributed by atoms with Crippen molar-refractivity contribution in [2.24, 2.45) is 0 Å². The average molecular weight is 350 g/mol. The standard InChI is InChI=1S/C15H13BrFN3O/c16-11-3-4-13(14(17)6-11)15-10(7-18)8-20(19-15)12-2-1-5-21-9-12/h3-4,6,8,12H,1-2,5,9H2. The summed E-state index contributed by atoms with van der Waals surface area (Å²) >= 11 is 3.23. The molecule has 1 aromatic heterocycles. The fourth-order valence-corrected chi connectivity index (χ4v) is 2.81. The van der Waals surface area contributed by atoms with Crippen LogP contribution in [-0.2, 0) is 4.74 Å². The van der Waals surface area contributed by atoms with Crippen molar-refractivity contribution in [1.82, 2.24) is 9.78 Å². The van der Waals surface area contributed by atoms with Crippen LogP contribution >= 0.6 is 15.9 Å². The summed E-state index contributed by atoms with van der Waals surface area (Å²) in [5.41, 5.74) is 1.10. The minimum atomic E-state index is -0.397. The van der Waals surface area contributed by atoms with Crippen LogP contribution in [0.2, 0.25) is 0 Å². The van der Waals surface area contributed by atoms with Crippen molar-refractivity contribution in [3.63, 3.8) is 0 Å². The van der Waals surface area contributed by atoms with Crippen LogP contribution in [-0.4, -0.2) is 23.0 Å². The zero-order valence-corrected chi connectivity index (χ0v) is 12.8. The first-order chi connectivity index (χ1) is 10.2. The van der Waals surface area contributed by atoms with E-state index in [1.165, 1.54) is 6.07 Å². The van der Waals surface area contributed by atoms with Crippen molar-refractivity contribution >= 4 is 15.9 Å². The second kappa shape index (κ2) is 5.96. The lowest BCUT2D eigenvalue weighted by Gasteiger charge is -2.22. The van der Waals surface area contributed by atoms with Gasteiger partial charge in [-0.3, -0.25) is 4.68 Å². The van der Waals surface area contributed by atoms with Crippen LogP contribution in [0.15, 0.2) is 28.9 Å². The quantitative estimate of drug-likeness (QED) is 0.830. The third-order valence-corrected chi connectivity index (χ3v) is 4.04. The average Bonchev–Trinajstić information content (AvgIpc) is 2.92. The Kier molecular flexibility index (Phi) is 4.04. The smallest absolute Gasteiger partial charge is 0.133 e. The van der Waals surface area contributed by atoms with Crippen molar-refractivity contribution < 1.29 is 9.13 Å². The number of nitrogens with zero attached hydrogens (tertiary/aromatic N) is 3. The maximum atomic E-state index is 14.1. The van der Waals surface area contributed by atoms with Gasteiger partial charge in [0.05, 0.1) is 18.2 Å². The number of nitriles is 1. The minimum absolute atomic E-state index is 0.109. The second-order valence-electron chi connectivity index (χ2n) is 4.98. The van der Waals surface area contributed by atoms with Gasteiger partial charge in [-0.1, -0.05) is 15.9 Å². The van der Waals surface area contributed by atoms with Crippen LogP contribution in [0, 0.1) is 17.1 Å². The number of aromatic nitrogens is 2. The van der Waals surface area contributed by atoms with Gasteiger partial charge in [0.1, 0.15) is 17.6 Å². The molecule has 1 aliphatic rings. The van der Waals surface area contributed by atoms with E-state index in [1.54, 1.807) is 23.0 Å². The van der Waals surface area contributed by atoms with Gasteiger partial charge in [0.2, 0.25) is 0 Å². The Labute approximate surface area is 130 Å². The Morgan fingerprint density at radius 1 is 1.48 bits per heavy atom. The number of hydrogen-bond donors (Lipinski definition) is 0. The van der Waals surface area contributed by atoms with Crippen LogP contribution in [0.1, 0.15) is 24.4 Å². The van der Waals surface area contributed by atoms with E-state index in [0.717, 1.165) is 19.4 Å². The zero-order valence-electron chi connectivity index (χ0n) is 11.2.